The van der Waals surface area contributed by atoms with Gasteiger partial charge in [-0.15, -0.1) is 0 Å². The van der Waals surface area contributed by atoms with Crippen LogP contribution in [0.3, 0.4) is 0 Å². The summed E-state index contributed by atoms with van der Waals surface area (Å²) in [5.41, 5.74) is 6.10. The second kappa shape index (κ2) is 5.91. The average Bonchev–Trinajstić information content (AvgIpc) is 3.02. The van der Waals surface area contributed by atoms with E-state index >= 15 is 0 Å². The molecule has 0 aromatic carbocycles. The smallest absolute Gasteiger partial charge is 0.267 e. The Morgan fingerprint density at radius 1 is 1.57 bits per heavy atom. The van der Waals surface area contributed by atoms with Crippen LogP contribution in [0.5, 0.6) is 0 Å². The van der Waals surface area contributed by atoms with Crippen LogP contribution in [-0.4, -0.2) is 28.5 Å². The lowest BCUT2D eigenvalue weighted by Crippen LogP contribution is -2.17. The number of pyridine rings is 1. The number of fused-ring (bicyclic) bond motifs is 1. The summed E-state index contributed by atoms with van der Waals surface area (Å²) in [5, 5.41) is 4.99. The van der Waals surface area contributed by atoms with Crippen LogP contribution in [0.25, 0.3) is 11.0 Å². The largest absolute Gasteiger partial charge is 0.364 e. The molecule has 2 aromatic heterocycles. The van der Waals surface area contributed by atoms with Gasteiger partial charge in [0.15, 0.2) is 0 Å². The molecule has 8 heteroatoms. The zero-order valence-electron chi connectivity index (χ0n) is 11.0. The fraction of sp³-hybridized carbons (Fsp3) is 0.385. The number of amides is 1. The number of hydrogen-bond acceptors (Lipinski definition) is 3. The Kier molecular flexibility index (Phi) is 4.31. The van der Waals surface area contributed by atoms with Crippen molar-refractivity contribution in [3.8, 4) is 0 Å². The summed E-state index contributed by atoms with van der Waals surface area (Å²) >= 11 is 14.8. The van der Waals surface area contributed by atoms with E-state index in [2.05, 4.69) is 32.9 Å². The SMILES string of the molecule is NC(=O)c1cc(Cl)c2c(Cl)c(I)n(CC3CCNC3)c2n1. The highest BCUT2D eigenvalue weighted by atomic mass is 127. The van der Waals surface area contributed by atoms with Gasteiger partial charge in [0.1, 0.15) is 15.0 Å². The molecule has 21 heavy (non-hydrogen) atoms. The fourth-order valence-corrected chi connectivity index (χ4v) is 3.95. The van der Waals surface area contributed by atoms with Crippen molar-refractivity contribution in [2.24, 2.45) is 11.7 Å². The third-order valence-corrected chi connectivity index (χ3v) is 5.81. The number of halogens is 3. The van der Waals surface area contributed by atoms with Crippen LogP contribution in [0.2, 0.25) is 10.0 Å². The second-order valence-corrected chi connectivity index (χ2v) is 6.93. The lowest BCUT2D eigenvalue weighted by Gasteiger charge is -2.12. The lowest BCUT2D eigenvalue weighted by atomic mass is 10.1. The van der Waals surface area contributed by atoms with Crippen LogP contribution in [0, 0.1) is 9.62 Å². The van der Waals surface area contributed by atoms with Crippen molar-refractivity contribution in [3.05, 3.63) is 25.5 Å². The van der Waals surface area contributed by atoms with Crippen LogP contribution in [0.15, 0.2) is 6.07 Å². The Bertz CT molecular complexity index is 725. The summed E-state index contributed by atoms with van der Waals surface area (Å²) in [7, 11) is 0. The molecule has 1 amide bonds. The van der Waals surface area contributed by atoms with E-state index in [4.69, 9.17) is 28.9 Å². The van der Waals surface area contributed by atoms with E-state index in [-0.39, 0.29) is 5.69 Å². The van der Waals surface area contributed by atoms with Crippen LogP contribution in [0.4, 0.5) is 0 Å². The summed E-state index contributed by atoms with van der Waals surface area (Å²) in [6.45, 7) is 2.78. The highest BCUT2D eigenvalue weighted by molar-refractivity contribution is 14.1. The summed E-state index contributed by atoms with van der Waals surface area (Å²) < 4.78 is 2.90. The van der Waals surface area contributed by atoms with E-state index in [0.717, 1.165) is 29.8 Å². The number of carbonyl (C=O) groups excluding carboxylic acids is 1. The molecule has 0 radical (unpaired) electrons. The maximum Gasteiger partial charge on any atom is 0.267 e. The normalized spacial score (nSPS) is 18.5. The standard InChI is InChI=1S/C13H13Cl2IN4O/c14-7-3-8(12(17)21)19-13-9(7)10(15)11(16)20(13)5-6-1-2-18-4-6/h3,6,18H,1-2,4-5H2,(H2,17,21). The van der Waals surface area contributed by atoms with E-state index in [0.29, 0.717) is 27.0 Å². The van der Waals surface area contributed by atoms with Gasteiger partial charge in [0.05, 0.1) is 15.4 Å². The Morgan fingerprint density at radius 3 is 2.95 bits per heavy atom. The van der Waals surface area contributed by atoms with Crippen molar-refractivity contribution in [1.29, 1.82) is 0 Å². The minimum atomic E-state index is -0.597. The molecule has 3 heterocycles. The molecule has 112 valence electrons. The Labute approximate surface area is 145 Å². The van der Waals surface area contributed by atoms with E-state index in [1.54, 1.807) is 0 Å². The van der Waals surface area contributed by atoms with Gasteiger partial charge in [-0.1, -0.05) is 23.2 Å². The van der Waals surface area contributed by atoms with Crippen molar-refractivity contribution in [2.45, 2.75) is 13.0 Å². The molecule has 0 bridgehead atoms. The number of primary amides is 1. The van der Waals surface area contributed by atoms with Gasteiger partial charge >= 0.3 is 0 Å². The molecule has 0 saturated carbocycles. The van der Waals surface area contributed by atoms with Gasteiger partial charge in [-0.25, -0.2) is 4.98 Å². The van der Waals surface area contributed by atoms with Gasteiger partial charge in [0.25, 0.3) is 5.91 Å². The van der Waals surface area contributed by atoms with Crippen molar-refractivity contribution in [1.82, 2.24) is 14.9 Å². The van der Waals surface area contributed by atoms with Gasteiger partial charge in [-0.05, 0) is 54.1 Å². The summed E-state index contributed by atoms with van der Waals surface area (Å²) in [4.78, 5) is 15.7. The Hall–Kier alpha value is -0.570. The van der Waals surface area contributed by atoms with Gasteiger partial charge < -0.3 is 15.6 Å². The van der Waals surface area contributed by atoms with E-state index in [1.165, 1.54) is 6.07 Å². The molecule has 2 aromatic rings. The number of nitrogens with two attached hydrogens (primary N) is 1. The topological polar surface area (TPSA) is 72.9 Å². The molecule has 3 N–H and O–H groups in total. The van der Waals surface area contributed by atoms with Crippen LogP contribution in [0.1, 0.15) is 16.9 Å². The summed E-state index contributed by atoms with van der Waals surface area (Å²) in [6.07, 6.45) is 1.11. The molecule has 1 unspecified atom stereocenters. The molecule has 0 aliphatic carbocycles. The molecule has 1 saturated heterocycles. The molecule has 3 rings (SSSR count). The average molecular weight is 439 g/mol. The third kappa shape index (κ3) is 2.74. The molecule has 0 spiro atoms. The van der Waals surface area contributed by atoms with Crippen molar-refractivity contribution in [3.63, 3.8) is 0 Å². The van der Waals surface area contributed by atoms with E-state index in [9.17, 15) is 4.79 Å². The number of nitrogens with zero attached hydrogens (tertiary/aromatic N) is 2. The van der Waals surface area contributed by atoms with Gasteiger partial charge in [-0.2, -0.15) is 0 Å². The van der Waals surface area contributed by atoms with E-state index in [1.807, 2.05) is 4.57 Å². The zero-order chi connectivity index (χ0) is 15.1. The van der Waals surface area contributed by atoms with Crippen LogP contribution >= 0.6 is 45.8 Å². The van der Waals surface area contributed by atoms with Crippen molar-refractivity contribution >= 4 is 62.7 Å². The molecule has 1 aliphatic rings. The second-order valence-electron chi connectivity index (χ2n) is 5.13. The first-order chi connectivity index (χ1) is 9.99. The molecule has 1 atom stereocenters. The van der Waals surface area contributed by atoms with Crippen LogP contribution in [-0.2, 0) is 6.54 Å². The Morgan fingerprint density at radius 2 is 2.33 bits per heavy atom. The number of rotatable bonds is 3. The first-order valence-electron chi connectivity index (χ1n) is 6.53. The zero-order valence-corrected chi connectivity index (χ0v) is 14.7. The monoisotopic (exact) mass is 438 g/mol. The minimum absolute atomic E-state index is 0.156. The number of aromatic nitrogens is 2. The number of carbonyl (C=O) groups is 1. The van der Waals surface area contributed by atoms with E-state index < -0.39 is 5.91 Å². The highest BCUT2D eigenvalue weighted by Crippen LogP contribution is 2.36. The number of hydrogen-bond donors (Lipinski definition) is 2. The number of nitrogens with one attached hydrogen (secondary N) is 1. The highest BCUT2D eigenvalue weighted by Gasteiger charge is 2.23. The lowest BCUT2D eigenvalue weighted by molar-refractivity contribution is 0.0996. The predicted molar refractivity (Wildman–Crippen MR) is 92.0 cm³/mol. The van der Waals surface area contributed by atoms with Gasteiger partial charge in [-0.3, -0.25) is 4.79 Å². The van der Waals surface area contributed by atoms with Gasteiger partial charge in [0.2, 0.25) is 0 Å². The molecule has 5 nitrogen and oxygen atoms in total. The third-order valence-electron chi connectivity index (χ3n) is 3.70. The first-order valence-corrected chi connectivity index (χ1v) is 8.36. The molecular formula is C13H13Cl2IN4O. The fourth-order valence-electron chi connectivity index (χ4n) is 2.64. The molecular weight excluding hydrogens is 426 g/mol. The van der Waals surface area contributed by atoms with Crippen LogP contribution < -0.4 is 11.1 Å². The van der Waals surface area contributed by atoms with Crippen molar-refractivity contribution < 1.29 is 4.79 Å². The predicted octanol–water partition coefficient (Wildman–Crippen LogP) is 2.66. The molecule has 1 aliphatic heterocycles. The maximum absolute atomic E-state index is 11.4. The summed E-state index contributed by atoms with van der Waals surface area (Å²) in [5.74, 6) is -0.0804. The van der Waals surface area contributed by atoms with Crippen molar-refractivity contribution in [2.75, 3.05) is 13.1 Å². The maximum atomic E-state index is 11.4. The van der Waals surface area contributed by atoms with Gasteiger partial charge in [0, 0.05) is 6.54 Å². The molecule has 1 fully saturated rings. The summed E-state index contributed by atoms with van der Waals surface area (Å²) in [6, 6.07) is 1.47. The first kappa shape index (κ1) is 15.3. The Balaban J connectivity index is 2.17. The minimum Gasteiger partial charge on any atom is -0.364 e. The quantitative estimate of drug-likeness (QED) is 0.723.